The van der Waals surface area contributed by atoms with Crippen LogP contribution in [0.15, 0.2) is 54.7 Å². The molecule has 4 aromatic rings. The van der Waals surface area contributed by atoms with Crippen molar-refractivity contribution in [1.29, 1.82) is 0 Å². The number of nitrogens with one attached hydrogen (secondary N) is 1. The van der Waals surface area contributed by atoms with Crippen LogP contribution in [0.25, 0.3) is 28.3 Å². The maximum atomic E-state index is 13.8. The highest BCUT2D eigenvalue weighted by Gasteiger charge is 2.32. The van der Waals surface area contributed by atoms with Crippen LogP contribution < -0.4 is 10.1 Å². The number of halogens is 6. The Labute approximate surface area is 205 Å². The van der Waals surface area contributed by atoms with Crippen molar-refractivity contribution in [2.45, 2.75) is 12.9 Å². The quantitative estimate of drug-likeness (QED) is 0.324. The first-order valence-corrected chi connectivity index (χ1v) is 10.7. The molecular weight excluding hydrogens is 511 g/mol. The fourth-order valence-corrected chi connectivity index (χ4v) is 4.19. The van der Waals surface area contributed by atoms with Crippen LogP contribution in [0.2, 0.25) is 10.0 Å². The first kappa shape index (κ1) is 23.1. The van der Waals surface area contributed by atoms with Gasteiger partial charge in [0.25, 0.3) is 5.91 Å². The predicted octanol–water partition coefficient (Wildman–Crippen LogP) is 6.19. The Bertz CT molecular complexity index is 1490. The fourth-order valence-electron chi connectivity index (χ4n) is 3.79. The molecule has 12 heteroatoms. The standard InChI is InChI=1S/C23H12Cl2F4N4O2/c24-12-5-11(6-14(7-12)35-23(27,28)29)20-9-19(21-16-10-31-22(34)15(16)3-4-30-21)32-33(20)13-1-2-18(26)17(25)8-13/h1-9H,10H2,(H,31,34). The van der Waals surface area contributed by atoms with Crippen molar-refractivity contribution in [3.8, 4) is 34.1 Å². The van der Waals surface area contributed by atoms with Gasteiger partial charge in [-0.05, 0) is 48.5 Å². The molecule has 0 fully saturated rings. The number of nitrogens with zero attached hydrogens (tertiary/aromatic N) is 3. The molecule has 0 radical (unpaired) electrons. The van der Waals surface area contributed by atoms with E-state index >= 15 is 0 Å². The van der Waals surface area contributed by atoms with Gasteiger partial charge in [0.1, 0.15) is 17.3 Å². The van der Waals surface area contributed by atoms with Crippen molar-refractivity contribution < 1.29 is 27.1 Å². The minimum absolute atomic E-state index is 0.0123. The second kappa shape index (κ2) is 8.54. The molecule has 2 aromatic carbocycles. The van der Waals surface area contributed by atoms with Crippen molar-refractivity contribution in [3.05, 3.63) is 81.7 Å². The average molecular weight is 523 g/mol. The zero-order valence-electron chi connectivity index (χ0n) is 17.3. The van der Waals surface area contributed by atoms with Crippen molar-refractivity contribution in [2.24, 2.45) is 0 Å². The Morgan fingerprint density at radius 1 is 1.06 bits per heavy atom. The molecule has 0 bridgehead atoms. The van der Waals surface area contributed by atoms with Crippen molar-refractivity contribution in [1.82, 2.24) is 20.1 Å². The van der Waals surface area contributed by atoms with E-state index in [0.717, 1.165) is 18.2 Å². The van der Waals surface area contributed by atoms with Gasteiger partial charge in [-0.25, -0.2) is 9.07 Å². The molecule has 2 aromatic heterocycles. The molecule has 35 heavy (non-hydrogen) atoms. The van der Waals surface area contributed by atoms with Crippen LogP contribution in [-0.4, -0.2) is 27.0 Å². The van der Waals surface area contributed by atoms with E-state index < -0.39 is 17.9 Å². The molecule has 1 aliphatic heterocycles. The second-order valence-electron chi connectivity index (χ2n) is 7.52. The highest BCUT2D eigenvalue weighted by atomic mass is 35.5. The van der Waals surface area contributed by atoms with E-state index in [2.05, 4.69) is 20.1 Å². The summed E-state index contributed by atoms with van der Waals surface area (Å²) in [4.78, 5) is 16.4. The monoisotopic (exact) mass is 522 g/mol. The van der Waals surface area contributed by atoms with E-state index in [0.29, 0.717) is 33.9 Å². The number of aromatic nitrogens is 3. The van der Waals surface area contributed by atoms with Gasteiger partial charge in [0.2, 0.25) is 0 Å². The first-order chi connectivity index (χ1) is 16.6. The van der Waals surface area contributed by atoms with E-state index in [4.69, 9.17) is 23.2 Å². The fraction of sp³-hybridized carbons (Fsp3) is 0.0870. The maximum Gasteiger partial charge on any atom is 0.573 e. The average Bonchev–Trinajstić information content (AvgIpc) is 3.38. The molecule has 0 saturated heterocycles. The SMILES string of the molecule is O=C1NCc2c1ccnc2-c1cc(-c2cc(Cl)cc(OC(F)(F)F)c2)n(-c2ccc(F)c(Cl)c2)n1. The molecule has 6 nitrogen and oxygen atoms in total. The van der Waals surface area contributed by atoms with Crippen LogP contribution in [0.1, 0.15) is 15.9 Å². The summed E-state index contributed by atoms with van der Waals surface area (Å²) in [5.41, 5.74) is 2.66. The lowest BCUT2D eigenvalue weighted by Crippen LogP contribution is -2.17. The van der Waals surface area contributed by atoms with Gasteiger partial charge in [-0.2, -0.15) is 5.10 Å². The Hall–Kier alpha value is -3.63. The number of rotatable bonds is 4. The molecule has 178 valence electrons. The van der Waals surface area contributed by atoms with Gasteiger partial charge in [-0.15, -0.1) is 13.2 Å². The van der Waals surface area contributed by atoms with E-state index in [1.807, 2.05) is 0 Å². The lowest BCUT2D eigenvalue weighted by atomic mass is 10.1. The van der Waals surface area contributed by atoms with E-state index in [9.17, 15) is 22.4 Å². The number of amides is 1. The highest BCUT2D eigenvalue weighted by Crippen LogP contribution is 2.36. The summed E-state index contributed by atoms with van der Waals surface area (Å²) in [6.07, 6.45) is -3.47. The normalized spacial score (nSPS) is 13.0. The van der Waals surface area contributed by atoms with Crippen LogP contribution in [0.4, 0.5) is 17.6 Å². The Kier molecular flexibility index (Phi) is 5.65. The number of alkyl halides is 3. The number of carbonyl (C=O) groups excluding carboxylic acids is 1. The van der Waals surface area contributed by atoms with Crippen LogP contribution in [0.5, 0.6) is 5.75 Å². The van der Waals surface area contributed by atoms with Gasteiger partial charge in [0.05, 0.1) is 22.1 Å². The van der Waals surface area contributed by atoms with Crippen molar-refractivity contribution in [3.63, 3.8) is 0 Å². The number of pyridine rings is 1. The molecule has 1 aliphatic rings. The van der Waals surface area contributed by atoms with Crippen molar-refractivity contribution >= 4 is 29.1 Å². The molecule has 0 unspecified atom stereocenters. The van der Waals surface area contributed by atoms with Gasteiger partial charge in [0, 0.05) is 34.5 Å². The number of fused-ring (bicyclic) bond motifs is 1. The summed E-state index contributed by atoms with van der Waals surface area (Å²) in [5, 5.41) is 7.09. The van der Waals surface area contributed by atoms with E-state index in [1.54, 1.807) is 12.1 Å². The summed E-state index contributed by atoms with van der Waals surface area (Å²) in [6.45, 7) is 0.239. The van der Waals surface area contributed by atoms with Crippen LogP contribution in [-0.2, 0) is 6.54 Å². The number of ether oxygens (including phenoxy) is 1. The third-order valence-corrected chi connectivity index (χ3v) is 5.73. The van der Waals surface area contributed by atoms with Crippen LogP contribution in [0, 0.1) is 5.82 Å². The molecule has 1 amide bonds. The van der Waals surface area contributed by atoms with E-state index in [1.165, 1.54) is 29.1 Å². The molecule has 5 rings (SSSR count). The lowest BCUT2D eigenvalue weighted by molar-refractivity contribution is -0.274. The Morgan fingerprint density at radius 3 is 2.60 bits per heavy atom. The highest BCUT2D eigenvalue weighted by molar-refractivity contribution is 6.31. The topological polar surface area (TPSA) is 69.0 Å². The van der Waals surface area contributed by atoms with Gasteiger partial charge < -0.3 is 10.1 Å². The molecular formula is C23H12Cl2F4N4O2. The lowest BCUT2D eigenvalue weighted by Gasteiger charge is -2.12. The summed E-state index contributed by atoms with van der Waals surface area (Å²) in [7, 11) is 0. The molecule has 0 aliphatic carbocycles. The molecule has 0 atom stereocenters. The zero-order valence-corrected chi connectivity index (χ0v) is 18.8. The molecule has 0 spiro atoms. The molecule has 1 N–H and O–H groups in total. The van der Waals surface area contributed by atoms with Crippen LogP contribution >= 0.6 is 23.2 Å². The summed E-state index contributed by atoms with van der Waals surface area (Å²) in [6, 6.07) is 10.6. The maximum absolute atomic E-state index is 13.8. The summed E-state index contributed by atoms with van der Waals surface area (Å²) < 4.78 is 57.8. The van der Waals surface area contributed by atoms with E-state index in [-0.39, 0.29) is 28.1 Å². The van der Waals surface area contributed by atoms with Gasteiger partial charge in [-0.3, -0.25) is 9.78 Å². The smallest absolute Gasteiger partial charge is 0.406 e. The number of carbonyl (C=O) groups is 1. The third-order valence-electron chi connectivity index (χ3n) is 5.23. The van der Waals surface area contributed by atoms with Gasteiger partial charge >= 0.3 is 6.36 Å². The second-order valence-corrected chi connectivity index (χ2v) is 8.36. The zero-order chi connectivity index (χ0) is 24.9. The van der Waals surface area contributed by atoms with Gasteiger partial charge in [0.15, 0.2) is 0 Å². The number of benzene rings is 2. The minimum atomic E-state index is -4.92. The predicted molar refractivity (Wildman–Crippen MR) is 120 cm³/mol. The minimum Gasteiger partial charge on any atom is -0.406 e. The third kappa shape index (κ3) is 4.54. The number of hydrogen-bond acceptors (Lipinski definition) is 4. The van der Waals surface area contributed by atoms with Gasteiger partial charge in [-0.1, -0.05) is 23.2 Å². The number of hydrogen-bond donors (Lipinski definition) is 1. The van der Waals surface area contributed by atoms with Crippen LogP contribution in [0.3, 0.4) is 0 Å². The molecule has 0 saturated carbocycles. The first-order valence-electron chi connectivity index (χ1n) is 9.98. The summed E-state index contributed by atoms with van der Waals surface area (Å²) >= 11 is 12.0. The Morgan fingerprint density at radius 2 is 1.86 bits per heavy atom. The Balaban J connectivity index is 1.71. The summed E-state index contributed by atoms with van der Waals surface area (Å²) in [5.74, 6) is -1.43. The molecule has 3 heterocycles. The largest absolute Gasteiger partial charge is 0.573 e. The van der Waals surface area contributed by atoms with Crippen molar-refractivity contribution in [2.75, 3.05) is 0 Å².